The van der Waals surface area contributed by atoms with Crippen molar-refractivity contribution in [3.8, 4) is 0 Å². The van der Waals surface area contributed by atoms with E-state index in [1.54, 1.807) is 0 Å². The highest BCUT2D eigenvalue weighted by Gasteiger charge is 2.19. The number of H-pyrrole nitrogens is 1. The zero-order chi connectivity index (χ0) is 11.8. The predicted octanol–water partition coefficient (Wildman–Crippen LogP) is -1.44. The Morgan fingerprint density at radius 3 is 2.88 bits per heavy atom. The molecule has 0 aliphatic carbocycles. The molecule has 0 fully saturated rings. The molecule has 0 radical (unpaired) electrons. The van der Waals surface area contributed by atoms with Crippen LogP contribution in [0.5, 0.6) is 0 Å². The van der Waals surface area contributed by atoms with Gasteiger partial charge in [-0.3, -0.25) is 9.65 Å². The van der Waals surface area contributed by atoms with E-state index in [2.05, 4.69) is 15.4 Å². The summed E-state index contributed by atoms with van der Waals surface area (Å²) in [5.41, 5.74) is 1.05. The van der Waals surface area contributed by atoms with Gasteiger partial charge in [0.1, 0.15) is 5.52 Å². The van der Waals surface area contributed by atoms with Crippen LogP contribution in [0.3, 0.4) is 0 Å². The predicted molar refractivity (Wildman–Crippen MR) is 58.9 cm³/mol. The quantitative estimate of drug-likeness (QED) is 0.516. The summed E-state index contributed by atoms with van der Waals surface area (Å²) >= 11 is 0. The first-order valence-corrected chi connectivity index (χ1v) is 7.05. The zero-order valence-electron chi connectivity index (χ0n) is 8.34. The molecule has 1 heterocycles. The molecule has 16 heavy (non-hydrogen) atoms. The highest BCUT2D eigenvalue weighted by atomic mass is 32.2. The van der Waals surface area contributed by atoms with E-state index < -0.39 is 19.9 Å². The largest absolute Gasteiger partial charge is 0.422 e. The molecule has 86 valence electrons. The molecule has 9 heteroatoms. The Kier molecular flexibility index (Phi) is 2.76. The van der Waals surface area contributed by atoms with Crippen molar-refractivity contribution in [3.63, 3.8) is 0 Å². The van der Waals surface area contributed by atoms with Gasteiger partial charge in [-0.15, -0.1) is 5.10 Å². The molecule has 7 nitrogen and oxygen atoms in total. The van der Waals surface area contributed by atoms with E-state index in [0.29, 0.717) is 16.2 Å². The van der Waals surface area contributed by atoms with E-state index in [1.807, 2.05) is 0 Å². The summed E-state index contributed by atoms with van der Waals surface area (Å²) in [6.45, 7) is 0. The van der Waals surface area contributed by atoms with Crippen LogP contribution in [0.25, 0.3) is 11.0 Å². The summed E-state index contributed by atoms with van der Waals surface area (Å²) < 4.78 is 36.4. The number of nitrogens with one attached hydrogen (secondary N) is 1. The Balaban J connectivity index is 2.78. The van der Waals surface area contributed by atoms with E-state index in [9.17, 15) is 8.42 Å². The summed E-state index contributed by atoms with van der Waals surface area (Å²) in [5.74, 6) is 0. The lowest BCUT2D eigenvalue weighted by Crippen LogP contribution is -2.24. The van der Waals surface area contributed by atoms with Crippen molar-refractivity contribution in [3.05, 3.63) is 12.1 Å². The van der Waals surface area contributed by atoms with E-state index in [1.165, 1.54) is 19.2 Å². The standard InChI is InChI=1S/C7H9N3O4SSi/c1-14-16-7-5(15(11,12)13)3-2-4-6(7)9-10-8-4/h2-3H,16H2,1H3,(H,8,9,10)(H,11,12,13). The third-order valence-electron chi connectivity index (χ3n) is 2.13. The molecule has 0 saturated carbocycles. The van der Waals surface area contributed by atoms with Crippen molar-refractivity contribution in [2.45, 2.75) is 4.90 Å². The Labute approximate surface area is 93.5 Å². The minimum absolute atomic E-state index is 0.151. The van der Waals surface area contributed by atoms with Crippen LogP contribution < -0.4 is 5.19 Å². The van der Waals surface area contributed by atoms with Crippen molar-refractivity contribution in [1.82, 2.24) is 15.4 Å². The van der Waals surface area contributed by atoms with Crippen LogP contribution in [-0.2, 0) is 14.5 Å². The first-order chi connectivity index (χ1) is 7.54. The highest BCUT2D eigenvalue weighted by Crippen LogP contribution is 2.12. The minimum Gasteiger partial charge on any atom is -0.422 e. The van der Waals surface area contributed by atoms with Crippen molar-refractivity contribution < 1.29 is 17.4 Å². The first-order valence-electron chi connectivity index (χ1n) is 4.33. The van der Waals surface area contributed by atoms with Crippen molar-refractivity contribution in [2.75, 3.05) is 7.11 Å². The molecule has 0 bridgehead atoms. The fraction of sp³-hybridized carbons (Fsp3) is 0.143. The summed E-state index contributed by atoms with van der Waals surface area (Å²) in [5, 5.41) is 10.4. The fourth-order valence-corrected chi connectivity index (χ4v) is 3.80. The van der Waals surface area contributed by atoms with Gasteiger partial charge in [0.2, 0.25) is 0 Å². The second-order valence-electron chi connectivity index (χ2n) is 3.16. The number of aromatic nitrogens is 3. The lowest BCUT2D eigenvalue weighted by molar-refractivity contribution is 0.449. The van der Waals surface area contributed by atoms with Gasteiger partial charge in [-0.05, 0) is 12.1 Å². The number of aromatic amines is 1. The Morgan fingerprint density at radius 2 is 2.25 bits per heavy atom. The van der Waals surface area contributed by atoms with E-state index in [4.69, 9.17) is 8.98 Å². The van der Waals surface area contributed by atoms with Crippen LogP contribution in [0.4, 0.5) is 0 Å². The Bertz CT molecular complexity index is 624. The van der Waals surface area contributed by atoms with E-state index in [-0.39, 0.29) is 4.90 Å². The molecule has 0 amide bonds. The van der Waals surface area contributed by atoms with Gasteiger partial charge < -0.3 is 4.43 Å². The normalized spacial score (nSPS) is 12.9. The van der Waals surface area contributed by atoms with E-state index >= 15 is 0 Å². The second kappa shape index (κ2) is 3.94. The van der Waals surface area contributed by atoms with Gasteiger partial charge in [-0.1, -0.05) is 5.21 Å². The number of rotatable bonds is 3. The van der Waals surface area contributed by atoms with Crippen molar-refractivity contribution in [1.29, 1.82) is 0 Å². The lowest BCUT2D eigenvalue weighted by atomic mass is 10.3. The molecule has 2 aromatic rings. The Morgan fingerprint density at radius 1 is 1.50 bits per heavy atom. The van der Waals surface area contributed by atoms with Gasteiger partial charge in [0, 0.05) is 12.3 Å². The molecule has 0 saturated heterocycles. The topological polar surface area (TPSA) is 105 Å². The van der Waals surface area contributed by atoms with Crippen LogP contribution in [0, 0.1) is 0 Å². The van der Waals surface area contributed by atoms with Gasteiger partial charge in [0.15, 0.2) is 9.76 Å². The summed E-state index contributed by atoms with van der Waals surface area (Å²) in [7, 11) is -4.03. The summed E-state index contributed by atoms with van der Waals surface area (Å²) in [6.07, 6.45) is 0. The third kappa shape index (κ3) is 1.85. The van der Waals surface area contributed by atoms with Crippen LogP contribution in [0.1, 0.15) is 0 Å². The molecule has 0 spiro atoms. The molecule has 0 aliphatic heterocycles. The minimum atomic E-state index is -4.25. The number of nitrogens with zero attached hydrogens (tertiary/aromatic N) is 2. The average Bonchev–Trinajstić information content (AvgIpc) is 2.64. The van der Waals surface area contributed by atoms with Gasteiger partial charge in [0.05, 0.1) is 10.4 Å². The molecule has 1 aromatic carbocycles. The fourth-order valence-electron chi connectivity index (χ4n) is 1.48. The Hall–Kier alpha value is -1.29. The van der Waals surface area contributed by atoms with Gasteiger partial charge in [-0.25, -0.2) is 0 Å². The number of benzene rings is 1. The van der Waals surface area contributed by atoms with Crippen LogP contribution >= 0.6 is 0 Å². The molecule has 2 rings (SSSR count). The van der Waals surface area contributed by atoms with E-state index in [0.717, 1.165) is 0 Å². The number of fused-ring (bicyclic) bond motifs is 1. The molecular formula is C7H9N3O4SSi. The van der Waals surface area contributed by atoms with Gasteiger partial charge in [-0.2, -0.15) is 8.42 Å². The van der Waals surface area contributed by atoms with Crippen LogP contribution in [-0.4, -0.2) is 45.3 Å². The molecular weight excluding hydrogens is 250 g/mol. The maximum absolute atomic E-state index is 11.2. The number of hydrogen-bond donors (Lipinski definition) is 2. The maximum atomic E-state index is 11.2. The monoisotopic (exact) mass is 259 g/mol. The van der Waals surface area contributed by atoms with Crippen LogP contribution in [0.15, 0.2) is 17.0 Å². The maximum Gasteiger partial charge on any atom is 0.294 e. The highest BCUT2D eigenvalue weighted by molar-refractivity contribution is 7.86. The first kappa shape index (κ1) is 11.2. The third-order valence-corrected chi connectivity index (χ3v) is 4.61. The van der Waals surface area contributed by atoms with Crippen LogP contribution in [0.2, 0.25) is 0 Å². The molecule has 1 aromatic heterocycles. The molecule has 0 atom stereocenters. The van der Waals surface area contributed by atoms with Gasteiger partial charge >= 0.3 is 0 Å². The lowest BCUT2D eigenvalue weighted by Gasteiger charge is -2.05. The average molecular weight is 259 g/mol. The smallest absolute Gasteiger partial charge is 0.294 e. The van der Waals surface area contributed by atoms with Gasteiger partial charge in [0.25, 0.3) is 10.1 Å². The summed E-state index contributed by atoms with van der Waals surface area (Å²) in [4.78, 5) is -0.151. The molecule has 0 aliphatic rings. The second-order valence-corrected chi connectivity index (χ2v) is 6.12. The van der Waals surface area contributed by atoms with Crippen molar-refractivity contribution in [2.24, 2.45) is 0 Å². The zero-order valence-corrected chi connectivity index (χ0v) is 10.6. The SMILES string of the molecule is CO[SiH2]c1c(S(=O)(=O)O)ccc2[nH]nnc12. The molecule has 2 N–H and O–H groups in total. The summed E-state index contributed by atoms with van der Waals surface area (Å²) in [6, 6.07) is 2.82. The number of hydrogen-bond acceptors (Lipinski definition) is 5. The van der Waals surface area contributed by atoms with Crippen molar-refractivity contribution >= 4 is 36.1 Å². The molecule has 0 unspecified atom stereocenters.